The molecule has 0 spiro atoms. The highest BCUT2D eigenvalue weighted by atomic mass is 32.2. The molecular formula is C5H6N2O2S. The van der Waals surface area contributed by atoms with Gasteiger partial charge in [-0.25, -0.2) is 9.59 Å². The van der Waals surface area contributed by atoms with E-state index in [9.17, 15) is 9.59 Å². The maximum atomic E-state index is 9.18. The van der Waals surface area contributed by atoms with Gasteiger partial charge < -0.3 is 0 Å². The van der Waals surface area contributed by atoms with E-state index < -0.39 is 0 Å². The van der Waals surface area contributed by atoms with E-state index in [4.69, 9.17) is 0 Å². The van der Waals surface area contributed by atoms with Crippen LogP contribution in [0.15, 0.2) is 21.5 Å². The molecule has 0 aromatic carbocycles. The number of nitrogens with zero attached hydrogens (tertiary/aromatic N) is 2. The van der Waals surface area contributed by atoms with Gasteiger partial charge in [0.1, 0.15) is 12.1 Å². The molecule has 0 unspecified atom stereocenters. The fourth-order valence-electron chi connectivity index (χ4n) is 0.0537. The second-order valence-electron chi connectivity index (χ2n) is 0.855. The van der Waals surface area contributed by atoms with Crippen molar-refractivity contribution in [1.82, 2.24) is 0 Å². The summed E-state index contributed by atoms with van der Waals surface area (Å²) in [7, 11) is 0. The quantitative estimate of drug-likeness (QED) is 0.264. The molecule has 0 atom stereocenters. The van der Waals surface area contributed by atoms with Crippen molar-refractivity contribution in [2.24, 2.45) is 8.80 Å². The predicted octanol–water partition coefficient (Wildman–Crippen LogP) is 1.41. The molecule has 10 heavy (non-hydrogen) atoms. The molecule has 0 bridgehead atoms. The van der Waals surface area contributed by atoms with Crippen molar-refractivity contribution in [3.05, 3.63) is 12.7 Å². The lowest BCUT2D eigenvalue weighted by molar-refractivity contribution is 0.566. The Kier molecular flexibility index (Phi) is 18.2. The van der Waals surface area contributed by atoms with Gasteiger partial charge in [0.2, 0.25) is 12.2 Å². The minimum absolute atomic E-state index is 0.456. The molecule has 5 heteroatoms. The molecule has 0 aliphatic rings. The molecule has 0 saturated heterocycles. The molecule has 0 amide bonds. The van der Waals surface area contributed by atoms with E-state index in [0.717, 1.165) is 0 Å². The van der Waals surface area contributed by atoms with Crippen molar-refractivity contribution in [3.8, 4) is 0 Å². The summed E-state index contributed by atoms with van der Waals surface area (Å²) in [6, 6.07) is 0. The molecule has 0 aliphatic heterocycles. The first kappa shape index (κ1) is 11.6. The molecule has 0 aliphatic carbocycles. The van der Waals surface area contributed by atoms with Crippen molar-refractivity contribution in [2.75, 3.05) is 0 Å². The Balaban J connectivity index is 0. The van der Waals surface area contributed by atoms with Crippen LogP contribution in [0.25, 0.3) is 0 Å². The summed E-state index contributed by atoms with van der Waals surface area (Å²) in [5.74, 6) is 0. The molecule has 0 radical (unpaired) electrons. The van der Waals surface area contributed by atoms with Gasteiger partial charge in [0.25, 0.3) is 0 Å². The summed E-state index contributed by atoms with van der Waals surface area (Å²) < 4.78 is 5.69. The van der Waals surface area contributed by atoms with Gasteiger partial charge >= 0.3 is 0 Å². The monoisotopic (exact) mass is 158 g/mol. The van der Waals surface area contributed by atoms with E-state index in [-0.39, 0.29) is 0 Å². The SMILES string of the molecule is C=CC.O=C=NSN=C=O. The Morgan fingerprint density at radius 3 is 1.90 bits per heavy atom. The lowest BCUT2D eigenvalue weighted by atomic mass is 10.8. The first-order valence-electron chi connectivity index (χ1n) is 2.21. The van der Waals surface area contributed by atoms with Crippen LogP contribution in [0.3, 0.4) is 0 Å². The number of rotatable bonds is 2. The summed E-state index contributed by atoms with van der Waals surface area (Å²) in [5, 5.41) is 0. The Morgan fingerprint density at radius 1 is 1.40 bits per heavy atom. The number of hydrogen-bond donors (Lipinski definition) is 0. The van der Waals surface area contributed by atoms with E-state index >= 15 is 0 Å². The van der Waals surface area contributed by atoms with E-state index in [1.807, 2.05) is 6.92 Å². The van der Waals surface area contributed by atoms with Gasteiger partial charge in [0, 0.05) is 0 Å². The smallest absolute Gasteiger partial charge is 0.210 e. The standard InChI is InChI=1S/C3H6.C2N2O2S/c1-3-2;5-1-3-7-4-2-6/h3H,1H2,2H3;. The molecule has 0 saturated carbocycles. The second kappa shape index (κ2) is 15.7. The number of hydrogen-bond acceptors (Lipinski definition) is 5. The molecule has 0 rings (SSSR count). The Bertz CT molecular complexity index is 152. The van der Waals surface area contributed by atoms with Crippen molar-refractivity contribution < 1.29 is 9.59 Å². The van der Waals surface area contributed by atoms with E-state index in [0.29, 0.717) is 12.1 Å². The molecular weight excluding hydrogens is 152 g/mol. The van der Waals surface area contributed by atoms with Crippen LogP contribution >= 0.6 is 12.1 Å². The fourth-order valence-corrected chi connectivity index (χ4v) is 0.161. The molecule has 0 N–H and O–H groups in total. The van der Waals surface area contributed by atoms with Crippen LogP contribution < -0.4 is 0 Å². The zero-order valence-electron chi connectivity index (χ0n) is 5.40. The minimum atomic E-state index is 0.456. The largest absolute Gasteiger partial charge is 0.249 e. The first-order chi connectivity index (χ1) is 4.83. The summed E-state index contributed by atoms with van der Waals surface area (Å²) in [6.07, 6.45) is 4.09. The van der Waals surface area contributed by atoms with Gasteiger partial charge in [-0.3, -0.25) is 0 Å². The fraction of sp³-hybridized carbons (Fsp3) is 0.200. The second-order valence-corrected chi connectivity index (χ2v) is 1.38. The highest BCUT2D eigenvalue weighted by Gasteiger charge is 1.66. The zero-order chi connectivity index (χ0) is 8.24. The van der Waals surface area contributed by atoms with Crippen LogP contribution in [-0.2, 0) is 9.59 Å². The van der Waals surface area contributed by atoms with Crippen LogP contribution in [0, 0.1) is 0 Å². The summed E-state index contributed by atoms with van der Waals surface area (Å²) in [6.45, 7) is 5.25. The summed E-state index contributed by atoms with van der Waals surface area (Å²) in [5.41, 5.74) is 0. The highest BCUT2D eigenvalue weighted by Crippen LogP contribution is 1.96. The van der Waals surface area contributed by atoms with Gasteiger partial charge in [-0.05, 0) is 6.92 Å². The average Bonchev–Trinajstić information content (AvgIpc) is 1.91. The van der Waals surface area contributed by atoms with E-state index in [1.165, 1.54) is 12.2 Å². The van der Waals surface area contributed by atoms with Crippen molar-refractivity contribution in [1.29, 1.82) is 0 Å². The molecule has 0 aromatic rings. The third-order valence-corrected chi connectivity index (χ3v) is 0.469. The average molecular weight is 158 g/mol. The van der Waals surface area contributed by atoms with Crippen LogP contribution in [-0.4, -0.2) is 12.2 Å². The Morgan fingerprint density at radius 2 is 1.70 bits per heavy atom. The maximum absolute atomic E-state index is 9.18. The van der Waals surface area contributed by atoms with Gasteiger partial charge in [-0.2, -0.15) is 0 Å². The van der Waals surface area contributed by atoms with Crippen LogP contribution in [0.5, 0.6) is 0 Å². The van der Waals surface area contributed by atoms with Crippen LogP contribution in [0.4, 0.5) is 0 Å². The van der Waals surface area contributed by atoms with Gasteiger partial charge in [-0.1, -0.05) is 6.08 Å². The van der Waals surface area contributed by atoms with Crippen molar-refractivity contribution in [2.45, 2.75) is 6.92 Å². The van der Waals surface area contributed by atoms with E-state index in [2.05, 4.69) is 15.4 Å². The van der Waals surface area contributed by atoms with Gasteiger partial charge in [0.05, 0.1) is 0 Å². The van der Waals surface area contributed by atoms with Crippen molar-refractivity contribution >= 4 is 24.3 Å². The zero-order valence-corrected chi connectivity index (χ0v) is 6.22. The summed E-state index contributed by atoms with van der Waals surface area (Å²) in [4.78, 5) is 18.4. The minimum Gasteiger partial charge on any atom is -0.210 e. The van der Waals surface area contributed by atoms with Gasteiger partial charge in [-0.15, -0.1) is 15.4 Å². The molecule has 4 nitrogen and oxygen atoms in total. The Hall–Kier alpha value is -1.15. The van der Waals surface area contributed by atoms with Gasteiger partial charge in [0.15, 0.2) is 0 Å². The molecule has 0 fully saturated rings. The lowest BCUT2D eigenvalue weighted by Gasteiger charge is -1.60. The van der Waals surface area contributed by atoms with Crippen LogP contribution in [0.1, 0.15) is 6.92 Å². The number of isocyanates is 2. The Labute approximate surface area is 63.0 Å². The number of carbonyl (C=O) groups excluding carboxylic acids is 2. The predicted molar refractivity (Wildman–Crippen MR) is 39.7 cm³/mol. The topological polar surface area (TPSA) is 58.9 Å². The number of allylic oxidation sites excluding steroid dienone is 1. The third-order valence-electron chi connectivity index (χ3n) is 0.156. The van der Waals surface area contributed by atoms with Crippen molar-refractivity contribution in [3.63, 3.8) is 0 Å². The lowest BCUT2D eigenvalue weighted by Crippen LogP contribution is -1.43. The molecule has 54 valence electrons. The molecule has 0 heterocycles. The maximum Gasteiger partial charge on any atom is 0.249 e. The normalized spacial score (nSPS) is 5.30. The third kappa shape index (κ3) is 28.9. The molecule has 0 aromatic heterocycles. The first-order valence-corrected chi connectivity index (χ1v) is 2.94. The highest BCUT2D eigenvalue weighted by molar-refractivity contribution is 7.96. The van der Waals surface area contributed by atoms with E-state index in [1.54, 1.807) is 6.08 Å². The summed E-state index contributed by atoms with van der Waals surface area (Å²) >= 11 is 0.456. The van der Waals surface area contributed by atoms with Crippen LogP contribution in [0.2, 0.25) is 0 Å².